The maximum absolute atomic E-state index is 11.3. The van der Waals surface area contributed by atoms with E-state index >= 15 is 0 Å². The third kappa shape index (κ3) is 10.0. The van der Waals surface area contributed by atoms with Crippen LogP contribution < -0.4 is 0 Å². The van der Waals surface area contributed by atoms with Crippen molar-refractivity contribution < 1.29 is 33.9 Å². The zero-order valence-corrected chi connectivity index (χ0v) is 11.2. The van der Waals surface area contributed by atoms with Crippen molar-refractivity contribution >= 4 is 12.1 Å². The van der Waals surface area contributed by atoms with Crippen LogP contribution in [0, 0.1) is 0 Å². The van der Waals surface area contributed by atoms with Crippen LogP contribution in [0.4, 0.5) is 4.79 Å². The lowest BCUT2D eigenvalue weighted by Crippen LogP contribution is -2.28. The van der Waals surface area contributed by atoms with Crippen molar-refractivity contribution in [3.05, 3.63) is 12.2 Å². The Morgan fingerprint density at radius 3 is 2.53 bits per heavy atom. The van der Waals surface area contributed by atoms with E-state index < -0.39 is 25.0 Å². The lowest BCUT2D eigenvalue weighted by molar-refractivity contribution is -0.374. The van der Waals surface area contributed by atoms with E-state index in [2.05, 4.69) is 11.3 Å². The zero-order valence-electron chi connectivity index (χ0n) is 11.2. The molecule has 110 valence electrons. The molecule has 0 fully saturated rings. The number of hydrogen-bond acceptors (Lipinski definition) is 6. The summed E-state index contributed by atoms with van der Waals surface area (Å²) in [4.78, 5) is 31.2. The van der Waals surface area contributed by atoms with Crippen molar-refractivity contribution in [3.8, 4) is 0 Å². The van der Waals surface area contributed by atoms with Gasteiger partial charge in [-0.2, -0.15) is 4.89 Å². The Balaban J connectivity index is 4.06. The van der Waals surface area contributed by atoms with E-state index in [1.54, 1.807) is 0 Å². The Hall–Kier alpha value is -1.60. The van der Waals surface area contributed by atoms with Gasteiger partial charge in [-0.05, 0) is 13.3 Å². The highest BCUT2D eigenvalue weighted by Crippen LogP contribution is 2.04. The summed E-state index contributed by atoms with van der Waals surface area (Å²) in [5.41, 5.74) is 0.162. The Bertz CT molecular complexity index is 300. The molecule has 0 aliphatic carbocycles. The molecule has 0 saturated heterocycles. The van der Waals surface area contributed by atoms with Gasteiger partial charge in [0.2, 0.25) is 0 Å². The molecule has 0 rings (SSSR count). The van der Waals surface area contributed by atoms with Crippen LogP contribution in [0.15, 0.2) is 12.2 Å². The average Bonchev–Trinajstić information content (AvgIpc) is 2.34. The fraction of sp³-hybridized carbons (Fsp3) is 0.667. The van der Waals surface area contributed by atoms with Gasteiger partial charge >= 0.3 is 12.1 Å². The molecule has 0 aromatic carbocycles. The quantitative estimate of drug-likeness (QED) is 0.163. The molecule has 19 heavy (non-hydrogen) atoms. The predicted octanol–water partition coefficient (Wildman–Crippen LogP) is 2.26. The summed E-state index contributed by atoms with van der Waals surface area (Å²) >= 11 is 0. The summed E-state index contributed by atoms with van der Waals surface area (Å²) in [6, 6.07) is 0. The Morgan fingerprint density at radius 2 is 2.00 bits per heavy atom. The third-order valence-corrected chi connectivity index (χ3v) is 1.94. The molecule has 0 heterocycles. The molecule has 0 radical (unpaired) electrons. The van der Waals surface area contributed by atoms with Gasteiger partial charge in [0.15, 0.2) is 6.61 Å². The molecular formula is C12H20O7. The van der Waals surface area contributed by atoms with E-state index in [9.17, 15) is 9.59 Å². The van der Waals surface area contributed by atoms with Gasteiger partial charge in [0.1, 0.15) is 0 Å². The highest BCUT2D eigenvalue weighted by Gasteiger charge is 2.18. The number of ether oxygens (including phenoxy) is 2. The number of carbonyl (C=O) groups is 2. The maximum atomic E-state index is 11.3. The van der Waals surface area contributed by atoms with E-state index in [1.807, 2.05) is 6.92 Å². The maximum Gasteiger partial charge on any atom is 0.505 e. The van der Waals surface area contributed by atoms with Crippen LogP contribution in [0.1, 0.15) is 33.1 Å². The second kappa shape index (κ2) is 10.3. The molecule has 7 nitrogen and oxygen atoms in total. The minimum Gasteiger partial charge on any atom is -0.450 e. The van der Waals surface area contributed by atoms with Crippen LogP contribution >= 0.6 is 0 Å². The summed E-state index contributed by atoms with van der Waals surface area (Å²) in [6.07, 6.45) is 0.0512. The summed E-state index contributed by atoms with van der Waals surface area (Å²) in [6.45, 7) is 6.75. The molecule has 1 unspecified atom stereocenters. The molecule has 1 atom stereocenters. The number of carboxylic acid groups (broad SMARTS) is 1. The Kier molecular flexibility index (Phi) is 9.46. The van der Waals surface area contributed by atoms with Crippen molar-refractivity contribution in [1.82, 2.24) is 0 Å². The lowest BCUT2D eigenvalue weighted by Gasteiger charge is -2.16. The molecule has 0 spiro atoms. The highest BCUT2D eigenvalue weighted by atomic mass is 17.2. The van der Waals surface area contributed by atoms with E-state index in [4.69, 9.17) is 19.6 Å². The lowest BCUT2D eigenvalue weighted by atomic mass is 10.3. The molecule has 0 bridgehead atoms. The first kappa shape index (κ1) is 17.4. The standard InChI is InChI=1S/C12H20O7/c1-4-5-6-7-17-19-10(8-16-12(14)15)18-11(13)9(2)3/h10H,2,4-8H2,1,3H3,(H,14,15). The van der Waals surface area contributed by atoms with Crippen molar-refractivity contribution in [1.29, 1.82) is 0 Å². The van der Waals surface area contributed by atoms with Crippen LogP contribution in [0.5, 0.6) is 0 Å². The van der Waals surface area contributed by atoms with Gasteiger partial charge in [0.05, 0.1) is 6.61 Å². The van der Waals surface area contributed by atoms with Crippen molar-refractivity contribution in [3.63, 3.8) is 0 Å². The predicted molar refractivity (Wildman–Crippen MR) is 65.2 cm³/mol. The molecule has 0 amide bonds. The summed E-state index contributed by atoms with van der Waals surface area (Å²) < 4.78 is 9.06. The molecule has 0 aliphatic heterocycles. The summed E-state index contributed by atoms with van der Waals surface area (Å²) in [5, 5.41) is 8.37. The van der Waals surface area contributed by atoms with Gasteiger partial charge in [-0.25, -0.2) is 14.5 Å². The first-order valence-corrected chi connectivity index (χ1v) is 5.97. The molecule has 0 aromatic rings. The van der Waals surface area contributed by atoms with Gasteiger partial charge in [0, 0.05) is 5.57 Å². The minimum absolute atomic E-state index is 0.162. The van der Waals surface area contributed by atoms with Crippen LogP contribution in [0.25, 0.3) is 0 Å². The number of unbranched alkanes of at least 4 members (excludes halogenated alkanes) is 2. The Labute approximate surface area is 112 Å². The first-order chi connectivity index (χ1) is 8.97. The third-order valence-electron chi connectivity index (χ3n) is 1.94. The van der Waals surface area contributed by atoms with Crippen molar-refractivity contribution in [2.45, 2.75) is 39.4 Å². The van der Waals surface area contributed by atoms with E-state index in [0.29, 0.717) is 6.61 Å². The highest BCUT2D eigenvalue weighted by molar-refractivity contribution is 5.87. The Morgan fingerprint density at radius 1 is 1.32 bits per heavy atom. The molecule has 0 aliphatic rings. The number of hydrogen-bond donors (Lipinski definition) is 1. The van der Waals surface area contributed by atoms with Crippen LogP contribution in [-0.2, 0) is 24.0 Å². The minimum atomic E-state index is -1.49. The second-order valence-corrected chi connectivity index (χ2v) is 3.82. The fourth-order valence-electron chi connectivity index (χ4n) is 0.976. The number of esters is 1. The van der Waals surface area contributed by atoms with E-state index in [-0.39, 0.29) is 5.57 Å². The van der Waals surface area contributed by atoms with E-state index in [1.165, 1.54) is 6.92 Å². The van der Waals surface area contributed by atoms with Gasteiger partial charge < -0.3 is 14.6 Å². The molecule has 0 saturated carbocycles. The summed E-state index contributed by atoms with van der Waals surface area (Å²) in [7, 11) is 0. The summed E-state index contributed by atoms with van der Waals surface area (Å²) in [5.74, 6) is -0.712. The van der Waals surface area contributed by atoms with Gasteiger partial charge in [-0.15, -0.1) is 0 Å². The SMILES string of the molecule is C=C(C)C(=O)OC(COC(=O)O)OOCCCCC. The molecule has 0 aromatic heterocycles. The van der Waals surface area contributed by atoms with Crippen molar-refractivity contribution in [2.75, 3.05) is 13.2 Å². The molecular weight excluding hydrogens is 256 g/mol. The van der Waals surface area contributed by atoms with Gasteiger partial charge in [-0.1, -0.05) is 26.3 Å². The number of carbonyl (C=O) groups excluding carboxylic acids is 1. The van der Waals surface area contributed by atoms with Gasteiger partial charge in [0.25, 0.3) is 6.29 Å². The normalized spacial score (nSPS) is 11.7. The fourth-order valence-corrected chi connectivity index (χ4v) is 0.976. The van der Waals surface area contributed by atoms with E-state index in [0.717, 1.165) is 19.3 Å². The largest absolute Gasteiger partial charge is 0.505 e. The molecule has 1 N–H and O–H groups in total. The topological polar surface area (TPSA) is 91.3 Å². The zero-order chi connectivity index (χ0) is 14.7. The second-order valence-electron chi connectivity index (χ2n) is 3.82. The number of rotatable bonds is 10. The van der Waals surface area contributed by atoms with Crippen LogP contribution in [0.3, 0.4) is 0 Å². The molecule has 7 heteroatoms. The average molecular weight is 276 g/mol. The first-order valence-electron chi connectivity index (χ1n) is 5.97. The van der Waals surface area contributed by atoms with Gasteiger partial charge in [-0.3, -0.25) is 0 Å². The van der Waals surface area contributed by atoms with Crippen LogP contribution in [0.2, 0.25) is 0 Å². The van der Waals surface area contributed by atoms with Crippen LogP contribution in [-0.4, -0.2) is 36.7 Å². The monoisotopic (exact) mass is 276 g/mol. The smallest absolute Gasteiger partial charge is 0.450 e. The van der Waals surface area contributed by atoms with Crippen molar-refractivity contribution in [2.24, 2.45) is 0 Å².